The molecule has 1 heterocycles. The second-order valence-electron chi connectivity index (χ2n) is 8.35. The average molecular weight is 477 g/mol. The first-order chi connectivity index (χ1) is 14.0. The van der Waals surface area contributed by atoms with E-state index in [2.05, 4.69) is 27.4 Å². The monoisotopic (exact) mass is 476 g/mol. The molecule has 2 rings (SSSR count). The zero-order valence-electron chi connectivity index (χ0n) is 18.3. The number of hydrogen-bond donors (Lipinski definition) is 2. The molecule has 1 amide bonds. The highest BCUT2D eigenvalue weighted by molar-refractivity contribution is 7.98. The molecule has 170 valence electrons. The summed E-state index contributed by atoms with van der Waals surface area (Å²) < 4.78 is 5.93. The molecule has 1 saturated heterocycles. The van der Waals surface area contributed by atoms with Gasteiger partial charge in [-0.05, 0) is 64.5 Å². The van der Waals surface area contributed by atoms with Gasteiger partial charge in [0.05, 0.1) is 10.0 Å². The van der Waals surface area contributed by atoms with E-state index in [1.54, 1.807) is 17.0 Å². The summed E-state index contributed by atoms with van der Waals surface area (Å²) in [6.45, 7) is 13.1. The van der Waals surface area contributed by atoms with E-state index in [4.69, 9.17) is 33.1 Å². The van der Waals surface area contributed by atoms with Crippen LogP contribution >= 0.6 is 35.1 Å². The lowest BCUT2D eigenvalue weighted by Gasteiger charge is -2.33. The smallest absolute Gasteiger partial charge is 0.251 e. The number of nitrogens with zero attached hydrogens (tertiary/aromatic N) is 1. The quantitative estimate of drug-likeness (QED) is 0.440. The highest BCUT2D eigenvalue weighted by Crippen LogP contribution is 2.34. The van der Waals surface area contributed by atoms with Gasteiger partial charge >= 0.3 is 0 Å². The molecule has 5 nitrogen and oxygen atoms in total. The third kappa shape index (κ3) is 9.48. The summed E-state index contributed by atoms with van der Waals surface area (Å²) in [5.41, 5.74) is 1.02. The molecular formula is C22H34Cl2N2O3S. The van der Waals surface area contributed by atoms with Crippen LogP contribution in [0.2, 0.25) is 10.0 Å². The number of benzene rings is 1. The van der Waals surface area contributed by atoms with Crippen LogP contribution in [0.5, 0.6) is 5.75 Å². The number of carbonyl (C=O) groups excluding carboxylic acids is 1. The van der Waals surface area contributed by atoms with Crippen molar-refractivity contribution in [3.63, 3.8) is 0 Å². The molecule has 1 aromatic rings. The van der Waals surface area contributed by atoms with Gasteiger partial charge in [0.1, 0.15) is 18.5 Å². The number of nitrogens with two attached hydrogens (primary N) is 1. The number of hydrogen-bond acceptors (Lipinski definition) is 5. The topological polar surface area (TPSA) is 75.8 Å². The van der Waals surface area contributed by atoms with Crippen molar-refractivity contribution in [3.05, 3.63) is 40.4 Å². The SMILES string of the molecule is C=CCOc1cc(Cl)c(Cl)cc1CC1CCN(C(=O)C(C)O)CC1.CC(C)(C)SN. The maximum Gasteiger partial charge on any atom is 0.251 e. The first-order valence-electron chi connectivity index (χ1n) is 10.0. The van der Waals surface area contributed by atoms with Crippen molar-refractivity contribution in [3.8, 4) is 5.75 Å². The van der Waals surface area contributed by atoms with Crippen LogP contribution in [0.15, 0.2) is 24.8 Å². The van der Waals surface area contributed by atoms with Crippen molar-refractivity contribution < 1.29 is 14.6 Å². The van der Waals surface area contributed by atoms with E-state index in [1.165, 1.54) is 18.9 Å². The molecule has 1 aromatic carbocycles. The van der Waals surface area contributed by atoms with Gasteiger partial charge in [0.2, 0.25) is 0 Å². The van der Waals surface area contributed by atoms with Gasteiger partial charge in [0, 0.05) is 23.9 Å². The minimum Gasteiger partial charge on any atom is -0.489 e. The Labute approximate surface area is 195 Å². The number of aliphatic hydroxyl groups is 1. The molecule has 0 saturated carbocycles. The molecule has 1 fully saturated rings. The fraction of sp³-hybridized carbons (Fsp3) is 0.591. The van der Waals surface area contributed by atoms with E-state index in [9.17, 15) is 9.90 Å². The first kappa shape index (κ1) is 27.1. The molecule has 30 heavy (non-hydrogen) atoms. The van der Waals surface area contributed by atoms with Gasteiger partial charge in [-0.25, -0.2) is 0 Å². The first-order valence-corrected chi connectivity index (χ1v) is 11.7. The molecule has 0 bridgehead atoms. The van der Waals surface area contributed by atoms with E-state index in [1.807, 2.05) is 6.07 Å². The molecule has 1 unspecified atom stereocenters. The number of rotatable bonds is 6. The van der Waals surface area contributed by atoms with Gasteiger partial charge in [0.25, 0.3) is 5.91 Å². The molecular weight excluding hydrogens is 443 g/mol. The maximum atomic E-state index is 11.8. The number of amides is 1. The van der Waals surface area contributed by atoms with Crippen LogP contribution in [-0.2, 0) is 11.2 Å². The van der Waals surface area contributed by atoms with E-state index in [0.717, 1.165) is 30.6 Å². The molecule has 3 N–H and O–H groups in total. The molecule has 1 aliphatic rings. The predicted molar refractivity (Wildman–Crippen MR) is 128 cm³/mol. The molecule has 0 spiro atoms. The zero-order valence-corrected chi connectivity index (χ0v) is 20.6. The molecule has 0 aromatic heterocycles. The molecule has 0 aliphatic carbocycles. The van der Waals surface area contributed by atoms with Gasteiger partial charge in [-0.15, -0.1) is 0 Å². The van der Waals surface area contributed by atoms with E-state index < -0.39 is 6.10 Å². The standard InChI is InChI=1S/C18H23Cl2NO3.C4H11NS/c1-3-8-24-17-11-16(20)15(19)10-14(17)9-13-4-6-21(7-5-13)18(23)12(2)22;1-4(2,3)6-5/h3,10-13,22H,1,4-9H2,2H3;5H2,1-3H3. The van der Waals surface area contributed by atoms with Crippen LogP contribution in [0.4, 0.5) is 0 Å². The van der Waals surface area contributed by atoms with E-state index in [0.29, 0.717) is 35.7 Å². The summed E-state index contributed by atoms with van der Waals surface area (Å²) >= 11 is 13.6. The largest absolute Gasteiger partial charge is 0.489 e. The lowest BCUT2D eigenvalue weighted by Crippen LogP contribution is -2.43. The van der Waals surface area contributed by atoms with Crippen LogP contribution in [0, 0.1) is 5.92 Å². The van der Waals surface area contributed by atoms with Crippen LogP contribution in [0.1, 0.15) is 46.1 Å². The third-order valence-corrected chi connectivity index (χ3v) is 6.04. The Morgan fingerprint density at radius 3 is 2.37 bits per heavy atom. The van der Waals surface area contributed by atoms with Gasteiger partial charge in [0.15, 0.2) is 0 Å². The number of aliphatic hydroxyl groups excluding tert-OH is 1. The van der Waals surface area contributed by atoms with Crippen LogP contribution < -0.4 is 9.88 Å². The number of carbonyl (C=O) groups is 1. The van der Waals surface area contributed by atoms with Crippen LogP contribution in [-0.4, -0.2) is 46.5 Å². The zero-order chi connectivity index (χ0) is 22.9. The van der Waals surface area contributed by atoms with Crippen molar-refractivity contribution in [2.24, 2.45) is 11.1 Å². The van der Waals surface area contributed by atoms with Crippen molar-refractivity contribution in [2.45, 2.75) is 57.8 Å². The van der Waals surface area contributed by atoms with Gasteiger partial charge in [-0.2, -0.15) is 0 Å². The van der Waals surface area contributed by atoms with Gasteiger partial charge < -0.3 is 14.7 Å². The lowest BCUT2D eigenvalue weighted by atomic mass is 9.89. The van der Waals surface area contributed by atoms with Gasteiger partial charge in [-0.1, -0.05) is 47.8 Å². The van der Waals surface area contributed by atoms with Crippen molar-refractivity contribution in [1.29, 1.82) is 0 Å². The second kappa shape index (κ2) is 12.8. The highest BCUT2D eigenvalue weighted by Gasteiger charge is 2.26. The van der Waals surface area contributed by atoms with Crippen LogP contribution in [0.25, 0.3) is 0 Å². The number of halogens is 2. The van der Waals surface area contributed by atoms with Crippen molar-refractivity contribution >= 4 is 41.1 Å². The molecule has 8 heteroatoms. The second-order valence-corrected chi connectivity index (χ2v) is 10.6. The summed E-state index contributed by atoms with van der Waals surface area (Å²) in [6, 6.07) is 3.60. The van der Waals surface area contributed by atoms with E-state index in [-0.39, 0.29) is 10.7 Å². The van der Waals surface area contributed by atoms with Gasteiger partial charge in [-0.3, -0.25) is 9.93 Å². The third-order valence-electron chi connectivity index (χ3n) is 4.61. The fourth-order valence-electron chi connectivity index (χ4n) is 2.95. The summed E-state index contributed by atoms with van der Waals surface area (Å²) in [4.78, 5) is 13.6. The summed E-state index contributed by atoms with van der Waals surface area (Å²) in [7, 11) is 0. The Morgan fingerprint density at radius 2 is 1.90 bits per heavy atom. The fourth-order valence-corrected chi connectivity index (χ4v) is 3.28. The average Bonchev–Trinajstić information content (AvgIpc) is 2.69. The summed E-state index contributed by atoms with van der Waals surface area (Å²) in [6.07, 6.45) is 3.35. The van der Waals surface area contributed by atoms with Crippen molar-refractivity contribution in [2.75, 3.05) is 19.7 Å². The summed E-state index contributed by atoms with van der Waals surface area (Å²) in [5, 5.41) is 15.6. The number of likely N-dealkylation sites (tertiary alicyclic amines) is 1. The Hall–Kier alpha value is -0.920. The maximum absolute atomic E-state index is 11.8. The lowest BCUT2D eigenvalue weighted by molar-refractivity contribution is -0.140. The minimum atomic E-state index is -0.935. The van der Waals surface area contributed by atoms with E-state index >= 15 is 0 Å². The Morgan fingerprint density at radius 1 is 1.37 bits per heavy atom. The Bertz CT molecular complexity index is 700. The van der Waals surface area contributed by atoms with Crippen molar-refractivity contribution in [1.82, 2.24) is 4.90 Å². The van der Waals surface area contributed by atoms with Crippen LogP contribution in [0.3, 0.4) is 0 Å². The molecule has 1 aliphatic heterocycles. The normalized spacial score (nSPS) is 15.8. The molecule has 1 atom stereocenters. The number of ether oxygens (including phenoxy) is 1. The highest BCUT2D eigenvalue weighted by atomic mass is 35.5. The predicted octanol–water partition coefficient (Wildman–Crippen LogP) is 5.11. The minimum absolute atomic E-state index is 0.196. The number of piperidine rings is 1. The Kier molecular flexibility index (Phi) is 11.6. The Balaban J connectivity index is 0.000000656. The molecule has 0 radical (unpaired) electrons. The summed E-state index contributed by atoms with van der Waals surface area (Å²) in [5.74, 6) is 0.969.